The van der Waals surface area contributed by atoms with Crippen LogP contribution in [0, 0.1) is 0 Å². The van der Waals surface area contributed by atoms with Gasteiger partial charge in [-0.25, -0.2) is 0 Å². The molecule has 0 atom stereocenters. The minimum atomic E-state index is -0.463. The molecular weight excluding hydrogens is 167 g/mol. The van der Waals surface area contributed by atoms with E-state index in [0.29, 0.717) is 5.57 Å². The average Bonchev–Trinajstić information content (AvgIpc) is 1.89. The molecule has 3 heteroatoms. The van der Waals surface area contributed by atoms with Gasteiger partial charge in [0.05, 0.1) is 0 Å². The molecule has 0 heterocycles. The van der Waals surface area contributed by atoms with E-state index in [0.717, 1.165) is 8.20 Å². The van der Waals surface area contributed by atoms with Crippen molar-refractivity contribution in [2.75, 3.05) is 6.66 Å². The van der Waals surface area contributed by atoms with Crippen LogP contribution in [0.25, 0.3) is 0 Å². The van der Waals surface area contributed by atoms with Gasteiger partial charge in [-0.05, 0) is 30.1 Å². The second-order valence-electron chi connectivity index (χ2n) is 1.51. The van der Waals surface area contributed by atoms with Gasteiger partial charge in [0.15, 0.2) is 0 Å². The number of hydrogen-bond donors (Lipinski definition) is 0. The largest absolute Gasteiger partial charge is 0.276 e. The molecule has 0 unspecified atom stereocenters. The molecule has 0 amide bonds. The maximum atomic E-state index is 10.5. The molecular formula is C7H8ClOP. The highest BCUT2D eigenvalue weighted by Crippen LogP contribution is 2.00. The molecule has 0 aliphatic rings. The standard InChI is InChI=1S/C7H8ClOP/c1-3-6(7(8)9)4-5-10-2/h3-5H,1H2,2H3. The van der Waals surface area contributed by atoms with Crippen LogP contribution in [0.2, 0.25) is 0 Å². The fraction of sp³-hybridized carbons (Fsp3) is 0.143. The van der Waals surface area contributed by atoms with Gasteiger partial charge >= 0.3 is 0 Å². The third-order valence-electron chi connectivity index (χ3n) is 0.850. The van der Waals surface area contributed by atoms with Crippen molar-refractivity contribution in [1.82, 2.24) is 0 Å². The Balaban J connectivity index is 4.33. The van der Waals surface area contributed by atoms with Gasteiger partial charge in [0.2, 0.25) is 0 Å². The van der Waals surface area contributed by atoms with E-state index < -0.39 is 5.24 Å². The molecule has 0 aromatic carbocycles. The average molecular weight is 175 g/mol. The zero-order valence-corrected chi connectivity index (χ0v) is 7.32. The summed E-state index contributed by atoms with van der Waals surface area (Å²) in [7, 11) is 1.09. The molecule has 0 radical (unpaired) electrons. The molecule has 0 aromatic heterocycles. The second-order valence-corrected chi connectivity index (χ2v) is 2.66. The lowest BCUT2D eigenvalue weighted by molar-refractivity contribution is -0.108. The Hall–Kier alpha value is -0.390. The molecule has 10 heavy (non-hydrogen) atoms. The van der Waals surface area contributed by atoms with Gasteiger partial charge in [0, 0.05) is 5.57 Å². The van der Waals surface area contributed by atoms with Crippen molar-refractivity contribution in [2.24, 2.45) is 0 Å². The molecule has 1 nitrogen and oxygen atoms in total. The molecule has 54 valence electrons. The Morgan fingerprint density at radius 3 is 2.60 bits per heavy atom. The van der Waals surface area contributed by atoms with Crippen LogP contribution in [0.1, 0.15) is 0 Å². The lowest BCUT2D eigenvalue weighted by atomic mass is 10.3. The van der Waals surface area contributed by atoms with Crippen molar-refractivity contribution in [2.45, 2.75) is 0 Å². The van der Waals surface area contributed by atoms with Gasteiger partial charge in [-0.2, -0.15) is 0 Å². The lowest BCUT2D eigenvalue weighted by Crippen LogP contribution is -1.88. The molecule has 0 spiro atoms. The molecule has 0 bridgehead atoms. The highest BCUT2D eigenvalue weighted by Gasteiger charge is 1.97. The molecule has 0 rings (SSSR count). The predicted molar refractivity (Wildman–Crippen MR) is 48.0 cm³/mol. The normalized spacial score (nSPS) is 12.0. The smallest absolute Gasteiger partial charge is 0.252 e. The zero-order valence-electron chi connectivity index (χ0n) is 5.67. The van der Waals surface area contributed by atoms with Gasteiger partial charge in [-0.3, -0.25) is 4.79 Å². The number of hydrogen-bond acceptors (Lipinski definition) is 1. The van der Waals surface area contributed by atoms with Gasteiger partial charge in [-0.15, -0.1) is 8.20 Å². The van der Waals surface area contributed by atoms with E-state index in [9.17, 15) is 4.79 Å². The van der Waals surface area contributed by atoms with Crippen LogP contribution >= 0.6 is 19.8 Å². The maximum absolute atomic E-state index is 10.5. The Morgan fingerprint density at radius 1 is 1.70 bits per heavy atom. The summed E-state index contributed by atoms with van der Waals surface area (Å²) >= 11 is 5.18. The molecule has 0 aliphatic heterocycles. The predicted octanol–water partition coefficient (Wildman–Crippen LogP) is 2.24. The fourth-order valence-electron chi connectivity index (χ4n) is 0.369. The Kier molecular flexibility index (Phi) is 5.19. The van der Waals surface area contributed by atoms with E-state index in [1.54, 1.807) is 6.08 Å². The first kappa shape index (κ1) is 9.61. The van der Waals surface area contributed by atoms with Crippen LogP contribution in [0.4, 0.5) is 0 Å². The maximum Gasteiger partial charge on any atom is 0.252 e. The second kappa shape index (κ2) is 5.40. The van der Waals surface area contributed by atoms with Crippen LogP contribution in [0.15, 0.2) is 24.3 Å². The first-order valence-electron chi connectivity index (χ1n) is 2.67. The number of carbonyl (C=O) groups excluding carboxylic acids is 1. The molecule has 0 N–H and O–H groups in total. The van der Waals surface area contributed by atoms with Gasteiger partial charge in [-0.1, -0.05) is 12.7 Å². The van der Waals surface area contributed by atoms with Gasteiger partial charge in [0.25, 0.3) is 5.24 Å². The van der Waals surface area contributed by atoms with Crippen molar-refractivity contribution < 1.29 is 4.79 Å². The Bertz CT molecular complexity index is 194. The highest BCUT2D eigenvalue weighted by molar-refractivity contribution is 7.38. The Morgan fingerprint density at radius 2 is 2.30 bits per heavy atom. The lowest BCUT2D eigenvalue weighted by Gasteiger charge is -1.86. The third-order valence-corrected chi connectivity index (χ3v) is 1.52. The SMILES string of the molecule is C=CC(=CC=PC)C(=O)Cl. The summed E-state index contributed by atoms with van der Waals surface area (Å²) < 4.78 is 0. The topological polar surface area (TPSA) is 17.1 Å². The summed E-state index contributed by atoms with van der Waals surface area (Å²) in [6, 6.07) is 0. The van der Waals surface area contributed by atoms with E-state index in [4.69, 9.17) is 11.6 Å². The third kappa shape index (κ3) is 3.60. The zero-order chi connectivity index (χ0) is 7.98. The first-order valence-corrected chi connectivity index (χ1v) is 4.46. The van der Waals surface area contributed by atoms with Crippen LogP contribution < -0.4 is 0 Å². The van der Waals surface area contributed by atoms with Crippen molar-refractivity contribution in [3.05, 3.63) is 24.3 Å². The van der Waals surface area contributed by atoms with Crippen LogP contribution in [0.5, 0.6) is 0 Å². The van der Waals surface area contributed by atoms with E-state index in [1.165, 1.54) is 6.08 Å². The quantitative estimate of drug-likeness (QED) is 0.278. The highest BCUT2D eigenvalue weighted by atomic mass is 35.5. The first-order chi connectivity index (χ1) is 4.72. The Labute approximate surface area is 67.2 Å². The number of carbonyl (C=O) groups is 1. The van der Waals surface area contributed by atoms with Crippen molar-refractivity contribution in [3.8, 4) is 0 Å². The van der Waals surface area contributed by atoms with Gasteiger partial charge in [0.1, 0.15) is 0 Å². The minimum Gasteiger partial charge on any atom is -0.276 e. The van der Waals surface area contributed by atoms with Crippen molar-refractivity contribution in [1.29, 1.82) is 0 Å². The van der Waals surface area contributed by atoms with E-state index in [1.807, 2.05) is 12.5 Å². The summed E-state index contributed by atoms with van der Waals surface area (Å²) in [5, 5.41) is -0.463. The van der Waals surface area contributed by atoms with E-state index >= 15 is 0 Å². The summed E-state index contributed by atoms with van der Waals surface area (Å²) in [5.41, 5.74) is 0.441. The molecule has 0 aliphatic carbocycles. The number of halogens is 1. The summed E-state index contributed by atoms with van der Waals surface area (Å²) in [6.07, 6.45) is 3.10. The van der Waals surface area contributed by atoms with Crippen molar-refractivity contribution >= 4 is 30.8 Å². The van der Waals surface area contributed by atoms with Crippen LogP contribution in [0.3, 0.4) is 0 Å². The van der Waals surface area contributed by atoms with E-state index in [-0.39, 0.29) is 0 Å². The van der Waals surface area contributed by atoms with E-state index in [2.05, 4.69) is 6.58 Å². The molecule has 0 saturated heterocycles. The monoisotopic (exact) mass is 174 g/mol. The molecule has 0 aromatic rings. The fourth-order valence-corrected chi connectivity index (χ4v) is 0.818. The number of allylic oxidation sites excluding steroid dienone is 3. The van der Waals surface area contributed by atoms with Crippen molar-refractivity contribution in [3.63, 3.8) is 0 Å². The summed E-state index contributed by atoms with van der Waals surface area (Å²) in [4.78, 5) is 10.5. The minimum absolute atomic E-state index is 0.441. The van der Waals surface area contributed by atoms with Gasteiger partial charge < -0.3 is 0 Å². The summed E-state index contributed by atoms with van der Waals surface area (Å²) in [5.74, 6) is 1.83. The van der Waals surface area contributed by atoms with Crippen LogP contribution in [-0.4, -0.2) is 17.7 Å². The summed E-state index contributed by atoms with van der Waals surface area (Å²) in [6.45, 7) is 5.39. The van der Waals surface area contributed by atoms with Crippen LogP contribution in [-0.2, 0) is 4.79 Å². The number of rotatable bonds is 3. The molecule has 0 saturated carbocycles. The molecule has 0 fully saturated rings.